The lowest BCUT2D eigenvalue weighted by atomic mass is 9.87. The fraction of sp³-hybridized carbons (Fsp3) is 0.625. The van der Waals surface area contributed by atoms with Crippen molar-refractivity contribution in [1.82, 2.24) is 10.6 Å². The number of carboxylic acid groups (broad SMARTS) is 1. The van der Waals surface area contributed by atoms with Gasteiger partial charge in [0.25, 0.3) is 0 Å². The molecule has 3 N–H and O–H groups in total. The van der Waals surface area contributed by atoms with Gasteiger partial charge in [-0.1, -0.05) is 25.6 Å². The summed E-state index contributed by atoms with van der Waals surface area (Å²) in [4.78, 5) is 45.7. The number of carbonyl (C=O) groups excluding carboxylic acids is 3. The van der Waals surface area contributed by atoms with Crippen LogP contribution in [0.25, 0.3) is 0 Å². The zero-order chi connectivity index (χ0) is 22.1. The van der Waals surface area contributed by atoms with Crippen molar-refractivity contribution in [3.63, 3.8) is 0 Å². The van der Waals surface area contributed by atoms with E-state index in [4.69, 9.17) is 18.7 Å². The molecule has 0 aromatic heterocycles. The second-order valence-corrected chi connectivity index (χ2v) is 9.44. The van der Waals surface area contributed by atoms with Gasteiger partial charge in [0.1, 0.15) is 0 Å². The lowest BCUT2D eigenvalue weighted by Gasteiger charge is -2.39. The first kappa shape index (κ1) is 25.3. The molecule has 0 aliphatic carbocycles. The van der Waals surface area contributed by atoms with Gasteiger partial charge in [-0.05, 0) is 6.08 Å². The number of thioether (sulfide) groups is 1. The molecular weight excluding hydrogens is 427 g/mol. The molecule has 0 bridgehead atoms. The number of carbonyl (C=O) groups is 4. The molecule has 0 saturated carbocycles. The molecule has 1 saturated heterocycles. The van der Waals surface area contributed by atoms with Crippen molar-refractivity contribution in [2.24, 2.45) is 5.41 Å². The van der Waals surface area contributed by atoms with Gasteiger partial charge in [0.15, 0.2) is 6.10 Å². The van der Waals surface area contributed by atoms with E-state index < -0.39 is 36.3 Å². The minimum atomic E-state index is -3.78. The summed E-state index contributed by atoms with van der Waals surface area (Å²) < 4.78 is 27.1. The summed E-state index contributed by atoms with van der Waals surface area (Å²) in [6.45, 7) is 3.68. The van der Waals surface area contributed by atoms with Crippen molar-refractivity contribution < 1.29 is 42.4 Å². The van der Waals surface area contributed by atoms with Crippen LogP contribution in [0.5, 0.6) is 0 Å². The van der Waals surface area contributed by atoms with Crippen molar-refractivity contribution in [1.29, 1.82) is 0 Å². The number of nitrogens with one attached hydrogen (secondary N) is 2. The van der Waals surface area contributed by atoms with Crippen LogP contribution < -0.4 is 10.6 Å². The molecule has 0 spiro atoms. The predicted octanol–water partition coefficient (Wildman–Crippen LogP) is 0.706. The highest BCUT2D eigenvalue weighted by atomic mass is 32.2. The summed E-state index contributed by atoms with van der Waals surface area (Å²) in [5, 5.41) is 13.1. The van der Waals surface area contributed by atoms with E-state index >= 15 is 0 Å². The number of phosphoric ester groups is 1. The van der Waals surface area contributed by atoms with E-state index in [0.29, 0.717) is 0 Å². The van der Waals surface area contributed by atoms with Gasteiger partial charge in [-0.3, -0.25) is 28.0 Å². The van der Waals surface area contributed by atoms with E-state index in [9.17, 15) is 23.7 Å². The maximum absolute atomic E-state index is 12.4. The molecule has 0 aromatic carbocycles. The van der Waals surface area contributed by atoms with Crippen LogP contribution >= 0.6 is 19.6 Å². The standard InChI is InChI=1S/C16H25N2O9PS/c1-16(2)10-26-28(24,25-3)27-14(16)15(23)18-7-6-11(19)17-8-9-29-13(22)5-4-12(20)21/h4-5,14H,6-10H2,1-3H3,(H,17,19)(H,18,23)(H,20,21)/b5-4+/t14-,28?/m0/s1. The number of hydrogen-bond acceptors (Lipinski definition) is 9. The molecule has 1 rings (SSSR count). The van der Waals surface area contributed by atoms with Gasteiger partial charge in [-0.25, -0.2) is 9.36 Å². The molecule has 164 valence electrons. The normalized spacial score (nSPS) is 23.5. The molecule has 13 heteroatoms. The van der Waals surface area contributed by atoms with Crippen molar-refractivity contribution in [3.05, 3.63) is 12.2 Å². The molecule has 2 amide bonds. The summed E-state index contributed by atoms with van der Waals surface area (Å²) >= 11 is 0.869. The Balaban J connectivity index is 2.31. The molecule has 1 aliphatic heterocycles. The van der Waals surface area contributed by atoms with E-state index in [0.717, 1.165) is 31.0 Å². The average molecular weight is 452 g/mol. The van der Waals surface area contributed by atoms with Crippen LogP contribution in [0, 0.1) is 5.41 Å². The Morgan fingerprint density at radius 1 is 1.24 bits per heavy atom. The molecule has 1 fully saturated rings. The maximum atomic E-state index is 12.4. The Bertz CT molecular complexity index is 711. The zero-order valence-corrected chi connectivity index (χ0v) is 18.0. The number of amides is 2. The molecule has 1 heterocycles. The third-order valence-corrected chi connectivity index (χ3v) is 5.87. The molecule has 0 radical (unpaired) electrons. The highest BCUT2D eigenvalue weighted by Gasteiger charge is 2.48. The topological polar surface area (TPSA) is 157 Å². The first-order valence-electron chi connectivity index (χ1n) is 8.60. The van der Waals surface area contributed by atoms with Crippen LogP contribution in [0.15, 0.2) is 12.2 Å². The molecule has 29 heavy (non-hydrogen) atoms. The van der Waals surface area contributed by atoms with Gasteiger partial charge in [0, 0.05) is 43.9 Å². The van der Waals surface area contributed by atoms with Crippen molar-refractivity contribution >= 4 is 42.5 Å². The van der Waals surface area contributed by atoms with Gasteiger partial charge in [0.2, 0.25) is 16.9 Å². The monoisotopic (exact) mass is 452 g/mol. The van der Waals surface area contributed by atoms with E-state index in [1.54, 1.807) is 13.8 Å². The zero-order valence-electron chi connectivity index (χ0n) is 16.3. The van der Waals surface area contributed by atoms with Crippen LogP contribution in [0.2, 0.25) is 0 Å². The largest absolute Gasteiger partial charge is 0.478 e. The fourth-order valence-electron chi connectivity index (χ4n) is 2.13. The Kier molecular flexibility index (Phi) is 10.0. The predicted molar refractivity (Wildman–Crippen MR) is 104 cm³/mol. The number of aliphatic carboxylic acids is 1. The maximum Gasteiger partial charge on any atom is 0.475 e. The van der Waals surface area contributed by atoms with Crippen molar-refractivity contribution in [3.8, 4) is 0 Å². The van der Waals surface area contributed by atoms with Crippen molar-refractivity contribution in [2.45, 2.75) is 26.4 Å². The first-order chi connectivity index (χ1) is 13.5. The van der Waals surface area contributed by atoms with Gasteiger partial charge >= 0.3 is 13.8 Å². The second-order valence-electron chi connectivity index (χ2n) is 6.61. The van der Waals surface area contributed by atoms with Crippen LogP contribution in [-0.4, -0.2) is 66.7 Å². The van der Waals surface area contributed by atoms with Crippen LogP contribution in [0.1, 0.15) is 20.3 Å². The summed E-state index contributed by atoms with van der Waals surface area (Å²) in [6, 6.07) is 0. The van der Waals surface area contributed by atoms with E-state index in [1.807, 2.05) is 0 Å². The lowest BCUT2D eigenvalue weighted by molar-refractivity contribution is -0.141. The SMILES string of the molecule is COP1(=O)OCC(C)(C)[C@H](C(=O)NCCC(=O)NCCSC(=O)/C=C/C(=O)O)O1. The van der Waals surface area contributed by atoms with Crippen LogP contribution in [0.3, 0.4) is 0 Å². The third-order valence-electron chi connectivity index (χ3n) is 3.68. The molecule has 1 aliphatic rings. The minimum Gasteiger partial charge on any atom is -0.478 e. The first-order valence-corrected chi connectivity index (χ1v) is 11.0. The van der Waals surface area contributed by atoms with Crippen LogP contribution in [-0.2, 0) is 37.3 Å². The van der Waals surface area contributed by atoms with Gasteiger partial charge in [-0.15, -0.1) is 0 Å². The highest BCUT2D eigenvalue weighted by molar-refractivity contribution is 8.14. The quantitative estimate of drug-likeness (QED) is 0.245. The van der Waals surface area contributed by atoms with Gasteiger partial charge in [0.05, 0.1) is 6.61 Å². The molecule has 1 unspecified atom stereocenters. The smallest absolute Gasteiger partial charge is 0.475 e. The van der Waals surface area contributed by atoms with Gasteiger partial charge < -0.3 is 15.7 Å². The van der Waals surface area contributed by atoms with Crippen molar-refractivity contribution in [2.75, 3.05) is 32.6 Å². The molecular formula is C16H25N2O9PS. The number of carboxylic acids is 1. The number of rotatable bonds is 10. The molecule has 0 aromatic rings. The van der Waals surface area contributed by atoms with Crippen LogP contribution in [0.4, 0.5) is 0 Å². The summed E-state index contributed by atoms with van der Waals surface area (Å²) in [7, 11) is -2.62. The minimum absolute atomic E-state index is 0.00510. The third kappa shape index (κ3) is 9.09. The Hall–Kier alpha value is -1.72. The summed E-state index contributed by atoms with van der Waals surface area (Å²) in [5.41, 5.74) is -0.738. The van der Waals surface area contributed by atoms with E-state index in [1.165, 1.54) is 0 Å². The lowest BCUT2D eigenvalue weighted by Crippen LogP contribution is -2.50. The number of phosphoric acid groups is 1. The highest BCUT2D eigenvalue weighted by Crippen LogP contribution is 2.56. The Morgan fingerprint density at radius 2 is 1.93 bits per heavy atom. The summed E-state index contributed by atoms with van der Waals surface area (Å²) in [6.07, 6.45) is 0.610. The molecule has 2 atom stereocenters. The van der Waals surface area contributed by atoms with E-state index in [-0.39, 0.29) is 37.8 Å². The number of hydrogen-bond donors (Lipinski definition) is 3. The molecule has 11 nitrogen and oxygen atoms in total. The summed E-state index contributed by atoms with van der Waals surface area (Å²) in [5.74, 6) is -1.81. The van der Waals surface area contributed by atoms with E-state index in [2.05, 4.69) is 10.6 Å². The average Bonchev–Trinajstić information content (AvgIpc) is 2.65. The fourth-order valence-corrected chi connectivity index (χ4v) is 4.08. The van der Waals surface area contributed by atoms with Gasteiger partial charge in [-0.2, -0.15) is 0 Å². The Morgan fingerprint density at radius 3 is 2.55 bits per heavy atom. The second kappa shape index (κ2) is 11.5. The Labute approximate surface area is 172 Å².